The molecule has 0 radical (unpaired) electrons. The maximum atomic E-state index is 13.8. The molecule has 1 heterocycles. The number of hydrogen-bond donors (Lipinski definition) is 3. The number of likely N-dealkylation sites (N-methyl/N-ethyl adjacent to an activating group) is 1. The number of rotatable bonds is 8. The van der Waals surface area contributed by atoms with Crippen LogP contribution in [-0.2, 0) is 28.6 Å². The van der Waals surface area contributed by atoms with Crippen LogP contribution in [0.15, 0.2) is 12.7 Å². The first kappa shape index (κ1) is 30.7. The Balaban J connectivity index is 1.90. The van der Waals surface area contributed by atoms with Crippen LogP contribution in [0, 0.1) is 16.7 Å². The molecule has 1 unspecified atom stereocenters. The highest BCUT2D eigenvalue weighted by Gasteiger charge is 2.79. The minimum absolute atomic E-state index is 0.0258. The van der Waals surface area contributed by atoms with Gasteiger partial charge in [0.05, 0.1) is 24.4 Å². The summed E-state index contributed by atoms with van der Waals surface area (Å²) in [5.74, 6) is -2.67. The monoisotopic (exact) mass is 539 g/mol. The third-order valence-electron chi connectivity index (χ3n) is 9.40. The fourth-order valence-corrected chi connectivity index (χ4v) is 7.68. The molecule has 216 valence electrons. The first-order chi connectivity index (χ1) is 17.4. The number of hydrogen-bond acceptors (Lipinski definition) is 10. The number of nitrogens with zero attached hydrogens (tertiary/aromatic N) is 1. The number of carbonyl (C=O) groups excluding carboxylic acids is 3. The average molecular weight is 540 g/mol. The molecule has 8 atom stereocenters. The lowest BCUT2D eigenvalue weighted by molar-refractivity contribution is -0.350. The molecule has 0 aromatic rings. The van der Waals surface area contributed by atoms with Crippen LogP contribution in [0.2, 0.25) is 0 Å². The van der Waals surface area contributed by atoms with Gasteiger partial charge in [-0.1, -0.05) is 40.7 Å². The normalized spacial score (nSPS) is 42.1. The second kappa shape index (κ2) is 10.3. The number of carbonyl (C=O) groups is 3. The van der Waals surface area contributed by atoms with Crippen LogP contribution in [0.5, 0.6) is 0 Å². The molecule has 3 N–H and O–H groups in total. The van der Waals surface area contributed by atoms with Gasteiger partial charge in [0.1, 0.15) is 11.7 Å². The van der Waals surface area contributed by atoms with E-state index >= 15 is 0 Å². The summed E-state index contributed by atoms with van der Waals surface area (Å²) < 4.78 is 17.0. The van der Waals surface area contributed by atoms with Gasteiger partial charge in [-0.2, -0.15) is 0 Å². The summed E-state index contributed by atoms with van der Waals surface area (Å²) in [6.07, 6.45) is -2.19. The lowest BCUT2D eigenvalue weighted by Crippen LogP contribution is -2.83. The van der Waals surface area contributed by atoms with Crippen molar-refractivity contribution in [2.75, 3.05) is 26.2 Å². The van der Waals surface area contributed by atoms with E-state index in [0.29, 0.717) is 13.1 Å². The van der Waals surface area contributed by atoms with Crippen LogP contribution in [0.4, 0.5) is 0 Å². The van der Waals surface area contributed by atoms with Crippen LogP contribution in [0.25, 0.3) is 0 Å². The molecule has 0 bridgehead atoms. The van der Waals surface area contributed by atoms with E-state index in [1.165, 1.54) is 6.08 Å². The number of ketones is 1. The molecule has 0 spiro atoms. The van der Waals surface area contributed by atoms with Gasteiger partial charge in [0.15, 0.2) is 18.0 Å². The second-order valence-corrected chi connectivity index (χ2v) is 12.5. The number of aliphatic hydroxyl groups excluding tert-OH is 2. The Morgan fingerprint density at radius 3 is 2.26 bits per heavy atom. The first-order valence-corrected chi connectivity index (χ1v) is 13.5. The minimum atomic E-state index is -2.19. The number of esters is 2. The van der Waals surface area contributed by atoms with E-state index in [9.17, 15) is 29.7 Å². The standard InChI is InChI=1S/C28H45NO9/c1-9-25(6)14-19(31)28(35)26(7,38-25)12-17(30)22-24(4,5)13-18(23(34)27(22,28)8)37-21(33)16-36-20(32)15-29(10-2)11-3/h9,17-18,22-23,30,34-35H,1,10-16H2,2-8H3/t17-,18?,22+,23+,25+,26-,27-,28-/m1/s1. The van der Waals surface area contributed by atoms with Gasteiger partial charge >= 0.3 is 11.9 Å². The van der Waals surface area contributed by atoms with Crippen molar-refractivity contribution in [3.63, 3.8) is 0 Å². The zero-order valence-corrected chi connectivity index (χ0v) is 23.8. The zero-order chi connectivity index (χ0) is 28.9. The lowest BCUT2D eigenvalue weighted by atomic mass is 9.40. The summed E-state index contributed by atoms with van der Waals surface area (Å²) in [7, 11) is 0. The van der Waals surface area contributed by atoms with Crippen LogP contribution in [-0.4, -0.2) is 99.3 Å². The summed E-state index contributed by atoms with van der Waals surface area (Å²) in [5.41, 5.74) is -7.18. The number of Topliss-reactive ketones (excluding diaryl/α,β-unsaturated/α-hetero) is 1. The molecular weight excluding hydrogens is 494 g/mol. The van der Waals surface area contributed by atoms with Crippen LogP contribution < -0.4 is 0 Å². The Bertz CT molecular complexity index is 964. The Labute approximate surface area is 225 Å². The molecule has 10 heteroatoms. The summed E-state index contributed by atoms with van der Waals surface area (Å²) in [6, 6.07) is 0. The summed E-state index contributed by atoms with van der Waals surface area (Å²) in [5, 5.41) is 35.4. The number of aliphatic hydroxyl groups is 3. The van der Waals surface area contributed by atoms with Crippen molar-refractivity contribution < 1.29 is 43.9 Å². The van der Waals surface area contributed by atoms with Crippen LogP contribution in [0.3, 0.4) is 0 Å². The van der Waals surface area contributed by atoms with Crippen LogP contribution >= 0.6 is 0 Å². The van der Waals surface area contributed by atoms with Crippen molar-refractivity contribution in [3.05, 3.63) is 12.7 Å². The number of ether oxygens (including phenoxy) is 3. The van der Waals surface area contributed by atoms with E-state index in [4.69, 9.17) is 14.2 Å². The van der Waals surface area contributed by atoms with Crippen molar-refractivity contribution in [2.45, 2.75) is 103 Å². The molecule has 0 aromatic carbocycles. The Hall–Kier alpha value is -1.85. The lowest BCUT2D eigenvalue weighted by Gasteiger charge is -2.70. The van der Waals surface area contributed by atoms with Gasteiger partial charge in [0.25, 0.3) is 0 Å². The van der Waals surface area contributed by atoms with Crippen molar-refractivity contribution in [2.24, 2.45) is 16.7 Å². The Morgan fingerprint density at radius 1 is 1.11 bits per heavy atom. The van der Waals surface area contributed by atoms with Crippen molar-refractivity contribution >= 4 is 17.7 Å². The smallest absolute Gasteiger partial charge is 0.344 e. The largest absolute Gasteiger partial charge is 0.457 e. The Morgan fingerprint density at radius 2 is 1.71 bits per heavy atom. The maximum absolute atomic E-state index is 13.8. The summed E-state index contributed by atoms with van der Waals surface area (Å²) in [4.78, 5) is 40.4. The van der Waals surface area contributed by atoms with Crippen molar-refractivity contribution in [1.82, 2.24) is 4.90 Å². The van der Waals surface area contributed by atoms with Gasteiger partial charge < -0.3 is 29.5 Å². The molecular formula is C28H45NO9. The van der Waals surface area contributed by atoms with Crippen molar-refractivity contribution in [3.8, 4) is 0 Å². The molecule has 1 aliphatic heterocycles. The van der Waals surface area contributed by atoms with E-state index in [0.717, 1.165) is 0 Å². The highest BCUT2D eigenvalue weighted by atomic mass is 16.6. The first-order valence-electron chi connectivity index (χ1n) is 13.5. The molecule has 38 heavy (non-hydrogen) atoms. The molecule has 3 rings (SSSR count). The molecule has 0 aromatic heterocycles. The maximum Gasteiger partial charge on any atom is 0.344 e. The number of fused-ring (bicyclic) bond motifs is 3. The van der Waals surface area contributed by atoms with E-state index in [1.54, 1.807) is 20.8 Å². The molecule has 3 aliphatic rings. The topological polar surface area (TPSA) is 143 Å². The minimum Gasteiger partial charge on any atom is -0.457 e. The van der Waals surface area contributed by atoms with Gasteiger partial charge in [-0.25, -0.2) is 4.79 Å². The molecule has 1 saturated heterocycles. The van der Waals surface area contributed by atoms with E-state index in [2.05, 4.69) is 6.58 Å². The summed E-state index contributed by atoms with van der Waals surface area (Å²) >= 11 is 0. The second-order valence-electron chi connectivity index (χ2n) is 12.5. The Kier molecular flexibility index (Phi) is 8.30. The highest BCUT2D eigenvalue weighted by molar-refractivity contribution is 5.92. The predicted molar refractivity (Wildman–Crippen MR) is 138 cm³/mol. The average Bonchev–Trinajstić information content (AvgIpc) is 2.81. The molecule has 0 amide bonds. The fraction of sp³-hybridized carbons (Fsp3) is 0.821. The third kappa shape index (κ3) is 4.72. The molecule has 2 aliphatic carbocycles. The van der Waals surface area contributed by atoms with Gasteiger partial charge in [-0.3, -0.25) is 14.5 Å². The molecule has 2 saturated carbocycles. The van der Waals surface area contributed by atoms with Gasteiger partial charge in [-0.15, -0.1) is 6.58 Å². The predicted octanol–water partition coefficient (Wildman–Crippen LogP) is 1.39. The fourth-order valence-electron chi connectivity index (χ4n) is 7.68. The van der Waals surface area contributed by atoms with E-state index in [1.807, 2.05) is 32.6 Å². The van der Waals surface area contributed by atoms with Gasteiger partial charge in [0.2, 0.25) is 0 Å². The summed E-state index contributed by atoms with van der Waals surface area (Å²) in [6.45, 7) is 16.8. The highest BCUT2D eigenvalue weighted by Crippen LogP contribution is 2.66. The van der Waals surface area contributed by atoms with E-state index < -0.39 is 76.2 Å². The quantitative estimate of drug-likeness (QED) is 0.306. The SMILES string of the molecule is C=C[C@@]1(C)CC(=O)[C@]2(O)[C@@]3(C)[C@@H](O)C(OC(=O)COC(=O)CN(CC)CC)CC(C)(C)[C@@H]3[C@H](O)C[C@@]2(C)O1. The molecule has 3 fully saturated rings. The van der Waals surface area contributed by atoms with Crippen LogP contribution in [0.1, 0.15) is 67.7 Å². The van der Waals surface area contributed by atoms with Gasteiger partial charge in [0, 0.05) is 24.2 Å². The zero-order valence-electron chi connectivity index (χ0n) is 23.8. The van der Waals surface area contributed by atoms with E-state index in [-0.39, 0.29) is 25.8 Å². The third-order valence-corrected chi connectivity index (χ3v) is 9.40. The van der Waals surface area contributed by atoms with Gasteiger partial charge in [-0.05, 0) is 38.8 Å². The van der Waals surface area contributed by atoms with Crippen molar-refractivity contribution in [1.29, 1.82) is 0 Å². The molecule has 10 nitrogen and oxygen atoms in total.